The molecule has 17 heavy (non-hydrogen) atoms. The molecule has 2 heterocycles. The molecule has 0 N–H and O–H groups in total. The molecule has 0 aliphatic heterocycles. The summed E-state index contributed by atoms with van der Waals surface area (Å²) in [4.78, 5) is 4.61. The standard InChI is InChI=1S/C12H17N3OS/c1-5-16-9(3)12-13-11(7-17-12)10-6-15(4)14-8(10)2/h6-7,9H,5H2,1-4H3. The Morgan fingerprint density at radius 2 is 2.29 bits per heavy atom. The van der Waals surface area contributed by atoms with Gasteiger partial charge in [0, 0.05) is 30.8 Å². The Morgan fingerprint density at radius 1 is 1.53 bits per heavy atom. The van der Waals surface area contributed by atoms with Gasteiger partial charge in [-0.3, -0.25) is 4.68 Å². The Kier molecular flexibility index (Phi) is 3.59. The quantitative estimate of drug-likeness (QED) is 0.838. The van der Waals surface area contributed by atoms with Gasteiger partial charge in [0.1, 0.15) is 11.1 Å². The van der Waals surface area contributed by atoms with Crippen LogP contribution in [0.1, 0.15) is 30.7 Å². The van der Waals surface area contributed by atoms with Crippen LogP contribution in [0.3, 0.4) is 0 Å². The summed E-state index contributed by atoms with van der Waals surface area (Å²) >= 11 is 1.64. The summed E-state index contributed by atoms with van der Waals surface area (Å²) in [6, 6.07) is 0. The van der Waals surface area contributed by atoms with Crippen LogP contribution in [0, 0.1) is 6.92 Å². The minimum atomic E-state index is 0.0655. The molecule has 2 aromatic rings. The van der Waals surface area contributed by atoms with Gasteiger partial charge in [0.25, 0.3) is 0 Å². The first kappa shape index (κ1) is 12.3. The number of rotatable bonds is 4. The predicted octanol–water partition coefficient (Wildman–Crippen LogP) is 2.95. The molecule has 0 radical (unpaired) electrons. The lowest BCUT2D eigenvalue weighted by molar-refractivity contribution is 0.0762. The van der Waals surface area contributed by atoms with E-state index in [1.807, 2.05) is 38.7 Å². The van der Waals surface area contributed by atoms with Crippen molar-refractivity contribution in [1.82, 2.24) is 14.8 Å². The third-order valence-electron chi connectivity index (χ3n) is 2.58. The number of aromatic nitrogens is 3. The summed E-state index contributed by atoms with van der Waals surface area (Å²) in [5, 5.41) is 7.41. The smallest absolute Gasteiger partial charge is 0.122 e. The molecule has 0 spiro atoms. The summed E-state index contributed by atoms with van der Waals surface area (Å²) in [6.07, 6.45) is 2.07. The SMILES string of the molecule is CCOC(C)c1nc(-c2cn(C)nc2C)cs1. The van der Waals surface area contributed by atoms with Crippen molar-refractivity contribution in [2.24, 2.45) is 7.05 Å². The lowest BCUT2D eigenvalue weighted by atomic mass is 10.2. The highest BCUT2D eigenvalue weighted by molar-refractivity contribution is 7.10. The van der Waals surface area contributed by atoms with Crippen molar-refractivity contribution in [2.75, 3.05) is 6.61 Å². The largest absolute Gasteiger partial charge is 0.372 e. The monoisotopic (exact) mass is 251 g/mol. The molecule has 0 aliphatic carbocycles. The van der Waals surface area contributed by atoms with Gasteiger partial charge in [-0.15, -0.1) is 11.3 Å². The summed E-state index contributed by atoms with van der Waals surface area (Å²) in [5.74, 6) is 0. The molecule has 0 aromatic carbocycles. The Morgan fingerprint density at radius 3 is 2.88 bits per heavy atom. The third kappa shape index (κ3) is 2.56. The maximum atomic E-state index is 5.54. The number of hydrogen-bond donors (Lipinski definition) is 0. The van der Waals surface area contributed by atoms with Crippen molar-refractivity contribution in [3.8, 4) is 11.3 Å². The van der Waals surface area contributed by atoms with Gasteiger partial charge in [0.05, 0.1) is 11.4 Å². The first-order valence-electron chi connectivity index (χ1n) is 5.69. The van der Waals surface area contributed by atoms with Gasteiger partial charge in [-0.2, -0.15) is 5.10 Å². The van der Waals surface area contributed by atoms with Gasteiger partial charge in [0.15, 0.2) is 0 Å². The first-order valence-corrected chi connectivity index (χ1v) is 6.57. The molecule has 1 atom stereocenters. The molecule has 92 valence electrons. The zero-order valence-electron chi connectivity index (χ0n) is 10.6. The van der Waals surface area contributed by atoms with Crippen LogP contribution >= 0.6 is 11.3 Å². The van der Waals surface area contributed by atoms with Crippen molar-refractivity contribution in [2.45, 2.75) is 26.9 Å². The van der Waals surface area contributed by atoms with Crippen LogP contribution in [0.4, 0.5) is 0 Å². The maximum absolute atomic E-state index is 5.54. The van der Waals surface area contributed by atoms with E-state index >= 15 is 0 Å². The molecule has 0 saturated carbocycles. The molecule has 0 bridgehead atoms. The van der Waals surface area contributed by atoms with Crippen molar-refractivity contribution >= 4 is 11.3 Å². The highest BCUT2D eigenvalue weighted by Gasteiger charge is 2.13. The van der Waals surface area contributed by atoms with E-state index in [1.165, 1.54) is 0 Å². The van der Waals surface area contributed by atoms with Crippen LogP contribution in [-0.2, 0) is 11.8 Å². The van der Waals surface area contributed by atoms with Gasteiger partial charge >= 0.3 is 0 Å². The lowest BCUT2D eigenvalue weighted by Gasteiger charge is -2.06. The van der Waals surface area contributed by atoms with E-state index < -0.39 is 0 Å². The van der Waals surface area contributed by atoms with Gasteiger partial charge < -0.3 is 4.74 Å². The van der Waals surface area contributed by atoms with Crippen LogP contribution in [-0.4, -0.2) is 21.4 Å². The minimum Gasteiger partial charge on any atom is -0.372 e. The highest BCUT2D eigenvalue weighted by atomic mass is 32.1. The van der Waals surface area contributed by atoms with E-state index in [9.17, 15) is 0 Å². The second-order valence-electron chi connectivity index (χ2n) is 3.97. The van der Waals surface area contributed by atoms with E-state index in [1.54, 1.807) is 11.3 Å². The number of nitrogens with zero attached hydrogens (tertiary/aromatic N) is 3. The molecule has 0 fully saturated rings. The van der Waals surface area contributed by atoms with E-state index in [0.717, 1.165) is 22.0 Å². The summed E-state index contributed by atoms with van der Waals surface area (Å²) in [6.45, 7) is 6.74. The second kappa shape index (κ2) is 4.98. The van der Waals surface area contributed by atoms with Crippen LogP contribution in [0.25, 0.3) is 11.3 Å². The molecular weight excluding hydrogens is 234 g/mol. The van der Waals surface area contributed by atoms with Crippen LogP contribution in [0.5, 0.6) is 0 Å². The van der Waals surface area contributed by atoms with Crippen LogP contribution in [0.2, 0.25) is 0 Å². The van der Waals surface area contributed by atoms with Crippen molar-refractivity contribution < 1.29 is 4.74 Å². The Bertz CT molecular complexity index is 504. The van der Waals surface area contributed by atoms with Crippen molar-refractivity contribution in [3.05, 3.63) is 22.3 Å². The fourth-order valence-corrected chi connectivity index (χ4v) is 2.59. The molecule has 0 saturated heterocycles. The Balaban J connectivity index is 2.26. The average Bonchev–Trinajstić information content (AvgIpc) is 2.85. The molecule has 2 rings (SSSR count). The zero-order chi connectivity index (χ0) is 12.4. The molecule has 5 heteroatoms. The Hall–Kier alpha value is -1.20. The van der Waals surface area contributed by atoms with Crippen LogP contribution < -0.4 is 0 Å². The number of thiazole rings is 1. The molecule has 2 aromatic heterocycles. The Labute approximate surface area is 105 Å². The average molecular weight is 251 g/mol. The number of hydrogen-bond acceptors (Lipinski definition) is 4. The highest BCUT2D eigenvalue weighted by Crippen LogP contribution is 2.28. The fourth-order valence-electron chi connectivity index (χ4n) is 1.77. The van der Waals surface area contributed by atoms with Gasteiger partial charge in [-0.1, -0.05) is 0 Å². The topological polar surface area (TPSA) is 39.9 Å². The predicted molar refractivity (Wildman–Crippen MR) is 69.1 cm³/mol. The zero-order valence-corrected chi connectivity index (χ0v) is 11.4. The van der Waals surface area contributed by atoms with Gasteiger partial charge in [-0.05, 0) is 20.8 Å². The van der Waals surface area contributed by atoms with E-state index in [2.05, 4.69) is 15.5 Å². The normalized spacial score (nSPS) is 12.9. The van der Waals surface area contributed by atoms with Gasteiger partial charge in [0.2, 0.25) is 0 Å². The van der Waals surface area contributed by atoms with E-state index in [-0.39, 0.29) is 6.10 Å². The summed E-state index contributed by atoms with van der Waals surface area (Å²) in [5.41, 5.74) is 3.09. The third-order valence-corrected chi connectivity index (χ3v) is 3.58. The van der Waals surface area contributed by atoms with Crippen molar-refractivity contribution in [1.29, 1.82) is 0 Å². The van der Waals surface area contributed by atoms with Crippen LogP contribution in [0.15, 0.2) is 11.6 Å². The van der Waals surface area contributed by atoms with Crippen molar-refractivity contribution in [3.63, 3.8) is 0 Å². The lowest BCUT2D eigenvalue weighted by Crippen LogP contribution is -1.98. The molecule has 1 unspecified atom stereocenters. The molecule has 4 nitrogen and oxygen atoms in total. The molecule has 0 amide bonds. The summed E-state index contributed by atoms with van der Waals surface area (Å²) < 4.78 is 7.35. The fraction of sp³-hybridized carbons (Fsp3) is 0.500. The first-order chi connectivity index (χ1) is 8.11. The minimum absolute atomic E-state index is 0.0655. The molecular formula is C12H17N3OS. The van der Waals surface area contributed by atoms with E-state index in [0.29, 0.717) is 6.61 Å². The number of ether oxygens (including phenoxy) is 1. The number of aryl methyl sites for hydroxylation is 2. The second-order valence-corrected chi connectivity index (χ2v) is 4.86. The van der Waals surface area contributed by atoms with Gasteiger partial charge in [-0.25, -0.2) is 4.98 Å². The van der Waals surface area contributed by atoms with E-state index in [4.69, 9.17) is 4.74 Å². The molecule has 0 aliphatic rings. The maximum Gasteiger partial charge on any atom is 0.122 e. The summed E-state index contributed by atoms with van der Waals surface area (Å²) in [7, 11) is 1.92.